The third kappa shape index (κ3) is 3.31. The van der Waals surface area contributed by atoms with Crippen molar-refractivity contribution < 1.29 is 0 Å². The largest absolute Gasteiger partial charge is 0.303 e. The number of likely N-dealkylation sites (tertiary alicyclic amines) is 1. The van der Waals surface area contributed by atoms with Gasteiger partial charge in [-0.05, 0) is 37.2 Å². The Morgan fingerprint density at radius 2 is 2.20 bits per heavy atom. The lowest BCUT2D eigenvalue weighted by atomic mass is 10.0. The van der Waals surface area contributed by atoms with Crippen LogP contribution in [0.4, 0.5) is 0 Å². The van der Waals surface area contributed by atoms with Crippen molar-refractivity contribution in [1.29, 1.82) is 0 Å². The molecule has 0 saturated carbocycles. The third-order valence-corrected chi connectivity index (χ3v) is 6.23. The number of hydrogen-bond donors (Lipinski definition) is 0. The van der Waals surface area contributed by atoms with Crippen molar-refractivity contribution in [2.75, 3.05) is 6.54 Å². The molecule has 1 fully saturated rings. The molecule has 4 rings (SSSR count). The van der Waals surface area contributed by atoms with Gasteiger partial charge in [-0.1, -0.05) is 24.6 Å². The normalized spacial score (nSPS) is 18.6. The number of hydrogen-bond acceptors (Lipinski definition) is 5. The Kier molecular flexibility index (Phi) is 4.78. The van der Waals surface area contributed by atoms with Gasteiger partial charge in [0.1, 0.15) is 11.3 Å². The maximum atomic E-state index is 5.54. The number of thiazole rings is 1. The highest BCUT2D eigenvalue weighted by molar-refractivity contribution is 7.71. The van der Waals surface area contributed by atoms with Crippen molar-refractivity contribution in [1.82, 2.24) is 24.2 Å². The van der Waals surface area contributed by atoms with E-state index in [-0.39, 0.29) is 0 Å². The number of aromatic nitrogens is 4. The zero-order chi connectivity index (χ0) is 17.2. The molecule has 1 aliphatic rings. The molecule has 0 N–H and O–H groups in total. The average Bonchev–Trinajstić information content (AvgIpc) is 3.21. The number of rotatable bonds is 5. The fourth-order valence-electron chi connectivity index (χ4n) is 3.38. The second-order valence-corrected chi connectivity index (χ2v) is 7.77. The molecule has 5 nitrogen and oxygen atoms in total. The van der Waals surface area contributed by atoms with E-state index in [9.17, 15) is 0 Å². The van der Waals surface area contributed by atoms with Crippen LogP contribution in [0, 0.1) is 4.77 Å². The molecule has 25 heavy (non-hydrogen) atoms. The minimum Gasteiger partial charge on any atom is -0.303 e. The molecule has 1 saturated heterocycles. The van der Waals surface area contributed by atoms with Gasteiger partial charge in [0.15, 0.2) is 4.77 Å². The Bertz CT molecular complexity index is 905. The monoisotopic (exact) mass is 371 g/mol. The molecule has 0 bridgehead atoms. The molecular weight excluding hydrogens is 350 g/mol. The quantitative estimate of drug-likeness (QED) is 0.492. The molecule has 3 aromatic rings. The first-order chi connectivity index (χ1) is 12.3. The Morgan fingerprint density at radius 1 is 1.32 bits per heavy atom. The van der Waals surface area contributed by atoms with Crippen LogP contribution in [0.25, 0.3) is 10.2 Å². The predicted molar refractivity (Wildman–Crippen MR) is 104 cm³/mol. The van der Waals surface area contributed by atoms with Gasteiger partial charge in [0.05, 0.1) is 22.9 Å². The molecule has 7 heteroatoms. The summed E-state index contributed by atoms with van der Waals surface area (Å²) in [6.45, 7) is 6.23. The molecule has 0 unspecified atom stereocenters. The molecule has 2 aromatic heterocycles. The van der Waals surface area contributed by atoms with Gasteiger partial charge in [0.2, 0.25) is 0 Å². The summed E-state index contributed by atoms with van der Waals surface area (Å²) in [6, 6.07) is 8.72. The van der Waals surface area contributed by atoms with E-state index in [4.69, 9.17) is 17.2 Å². The highest BCUT2D eigenvalue weighted by Gasteiger charge is 2.27. The van der Waals surface area contributed by atoms with Gasteiger partial charge < -0.3 is 4.57 Å². The van der Waals surface area contributed by atoms with Crippen molar-refractivity contribution in [3.63, 3.8) is 0 Å². The molecule has 1 atom stereocenters. The van der Waals surface area contributed by atoms with Gasteiger partial charge in [0.25, 0.3) is 0 Å². The standard InChI is InChI=1S/C18H21N5S2/c1-2-10-21-12-19-23(18(21)24)13-22-11-6-5-8-15(22)17-20-14-7-3-4-9-16(14)25-17/h2-4,7,9,12,15H,1,5-6,8,10-11,13H2/t15-/m0/s1. The molecular formula is C18H21N5S2. The van der Waals surface area contributed by atoms with Crippen LogP contribution in [0.1, 0.15) is 30.3 Å². The maximum Gasteiger partial charge on any atom is 0.199 e. The Balaban J connectivity index is 1.61. The highest BCUT2D eigenvalue weighted by atomic mass is 32.1. The number of para-hydroxylation sites is 1. The lowest BCUT2D eigenvalue weighted by Crippen LogP contribution is -2.35. The van der Waals surface area contributed by atoms with E-state index < -0.39 is 0 Å². The number of allylic oxidation sites excluding steroid dienone is 1. The molecule has 1 aromatic carbocycles. The molecule has 0 aliphatic carbocycles. The van der Waals surface area contributed by atoms with Gasteiger partial charge in [-0.25, -0.2) is 9.67 Å². The smallest absolute Gasteiger partial charge is 0.199 e. The van der Waals surface area contributed by atoms with Crippen LogP contribution in [0.2, 0.25) is 0 Å². The van der Waals surface area contributed by atoms with Crippen molar-refractivity contribution in [3.05, 3.63) is 53.0 Å². The van der Waals surface area contributed by atoms with E-state index in [1.54, 1.807) is 6.33 Å². The topological polar surface area (TPSA) is 38.9 Å². The summed E-state index contributed by atoms with van der Waals surface area (Å²) in [5.74, 6) is 0. The summed E-state index contributed by atoms with van der Waals surface area (Å²) in [5, 5.41) is 5.67. The average molecular weight is 372 g/mol. The van der Waals surface area contributed by atoms with Gasteiger partial charge in [0, 0.05) is 13.1 Å². The SMILES string of the molecule is C=CCn1cnn(CN2CCCC[C@H]2c2nc3ccccc3s2)c1=S. The van der Waals surface area contributed by atoms with Crippen LogP contribution in [0.3, 0.4) is 0 Å². The minimum atomic E-state index is 0.345. The molecule has 130 valence electrons. The zero-order valence-corrected chi connectivity index (χ0v) is 15.7. The van der Waals surface area contributed by atoms with Crippen molar-refractivity contribution in [3.8, 4) is 0 Å². The van der Waals surface area contributed by atoms with Gasteiger partial charge >= 0.3 is 0 Å². The molecule has 1 aliphatic heterocycles. The summed E-state index contributed by atoms with van der Waals surface area (Å²) < 4.78 is 5.85. The Labute approximate surface area is 156 Å². The van der Waals surface area contributed by atoms with Crippen LogP contribution in [-0.4, -0.2) is 30.8 Å². The summed E-state index contributed by atoms with van der Waals surface area (Å²) >= 11 is 7.35. The van der Waals surface area contributed by atoms with Crippen LogP contribution in [-0.2, 0) is 13.2 Å². The maximum absolute atomic E-state index is 5.54. The van der Waals surface area contributed by atoms with E-state index in [0.29, 0.717) is 19.3 Å². The summed E-state index contributed by atoms with van der Waals surface area (Å²) in [7, 11) is 0. The van der Waals surface area contributed by atoms with Gasteiger partial charge in [-0.2, -0.15) is 5.10 Å². The van der Waals surface area contributed by atoms with Crippen molar-refractivity contribution >= 4 is 33.8 Å². The summed E-state index contributed by atoms with van der Waals surface area (Å²) in [6.07, 6.45) is 7.23. The highest BCUT2D eigenvalue weighted by Crippen LogP contribution is 2.35. The van der Waals surface area contributed by atoms with Gasteiger partial charge in [-0.15, -0.1) is 17.9 Å². The van der Waals surface area contributed by atoms with E-state index in [2.05, 4.69) is 40.8 Å². The van der Waals surface area contributed by atoms with Crippen molar-refractivity contribution in [2.45, 2.75) is 38.5 Å². The zero-order valence-electron chi connectivity index (χ0n) is 14.0. The van der Waals surface area contributed by atoms with Crippen LogP contribution in [0.15, 0.2) is 43.2 Å². The second-order valence-electron chi connectivity index (χ2n) is 6.34. The first kappa shape index (κ1) is 16.6. The molecule has 0 amide bonds. The Morgan fingerprint density at radius 3 is 3.04 bits per heavy atom. The molecule has 3 heterocycles. The lowest BCUT2D eigenvalue weighted by Gasteiger charge is -2.34. The summed E-state index contributed by atoms with van der Waals surface area (Å²) in [4.78, 5) is 7.35. The van der Waals surface area contributed by atoms with E-state index in [1.165, 1.54) is 22.5 Å². The molecule has 0 radical (unpaired) electrons. The fourth-order valence-corrected chi connectivity index (χ4v) is 4.74. The second kappa shape index (κ2) is 7.19. The first-order valence-electron chi connectivity index (χ1n) is 8.59. The fraction of sp³-hybridized carbons (Fsp3) is 0.389. The number of benzene rings is 1. The number of fused-ring (bicyclic) bond motifs is 1. The number of piperidine rings is 1. The summed E-state index contributed by atoms with van der Waals surface area (Å²) in [5.41, 5.74) is 1.10. The molecule has 0 spiro atoms. The van der Waals surface area contributed by atoms with Crippen LogP contribution >= 0.6 is 23.6 Å². The number of nitrogens with zero attached hydrogens (tertiary/aromatic N) is 5. The predicted octanol–water partition coefficient (Wildman–Crippen LogP) is 4.39. The third-order valence-electron chi connectivity index (χ3n) is 4.65. The van der Waals surface area contributed by atoms with Crippen molar-refractivity contribution in [2.24, 2.45) is 0 Å². The van der Waals surface area contributed by atoms with E-state index >= 15 is 0 Å². The van der Waals surface area contributed by atoms with Gasteiger partial charge in [-0.3, -0.25) is 4.90 Å². The first-order valence-corrected chi connectivity index (χ1v) is 9.81. The van der Waals surface area contributed by atoms with Crippen LogP contribution < -0.4 is 0 Å². The Hall–Kier alpha value is -1.83. The van der Waals surface area contributed by atoms with E-state index in [1.807, 2.05) is 26.7 Å². The lowest BCUT2D eigenvalue weighted by molar-refractivity contribution is 0.103. The minimum absolute atomic E-state index is 0.345. The van der Waals surface area contributed by atoms with Crippen LogP contribution in [0.5, 0.6) is 0 Å². The van der Waals surface area contributed by atoms with E-state index in [0.717, 1.165) is 23.3 Å².